The first kappa shape index (κ1) is 13.6. The van der Waals surface area contributed by atoms with Crippen molar-refractivity contribution in [1.82, 2.24) is 9.80 Å². The molecule has 3 nitrogen and oxygen atoms in total. The normalized spacial score (nSPS) is 19.4. The molecule has 0 saturated carbocycles. The highest BCUT2D eigenvalue weighted by Gasteiger charge is 2.24. The number of benzene rings is 1. The standard InChI is InChI=1S/C17H24N2O/c1-13(2)18-8-10-19(11-9-18)17(20)16-7-6-14-4-3-5-15(14)12-16/h6-7,12-13H,3-5,8-11H2,1-2H3. The lowest BCUT2D eigenvalue weighted by atomic mass is 10.1. The van der Waals surface area contributed by atoms with Crippen molar-refractivity contribution in [3.05, 3.63) is 34.9 Å². The molecule has 1 aliphatic heterocycles. The fourth-order valence-electron chi connectivity index (χ4n) is 3.33. The zero-order valence-electron chi connectivity index (χ0n) is 12.6. The Kier molecular flexibility index (Phi) is 3.79. The molecule has 0 N–H and O–H groups in total. The van der Waals surface area contributed by atoms with Gasteiger partial charge in [-0.1, -0.05) is 6.07 Å². The Labute approximate surface area is 121 Å². The number of carbonyl (C=O) groups is 1. The van der Waals surface area contributed by atoms with Crippen LogP contribution in [0, 0.1) is 0 Å². The molecule has 1 saturated heterocycles. The third-order valence-electron chi connectivity index (χ3n) is 4.68. The summed E-state index contributed by atoms with van der Waals surface area (Å²) in [6.45, 7) is 8.14. The van der Waals surface area contributed by atoms with Crippen molar-refractivity contribution in [2.24, 2.45) is 0 Å². The minimum atomic E-state index is 0.211. The van der Waals surface area contributed by atoms with Crippen LogP contribution in [0.25, 0.3) is 0 Å². The van der Waals surface area contributed by atoms with E-state index in [-0.39, 0.29) is 5.91 Å². The second-order valence-corrected chi connectivity index (χ2v) is 6.26. The lowest BCUT2D eigenvalue weighted by Gasteiger charge is -2.37. The van der Waals surface area contributed by atoms with Crippen molar-refractivity contribution in [2.75, 3.05) is 26.2 Å². The minimum Gasteiger partial charge on any atom is -0.336 e. The van der Waals surface area contributed by atoms with E-state index < -0.39 is 0 Å². The van der Waals surface area contributed by atoms with Gasteiger partial charge in [0.2, 0.25) is 0 Å². The molecule has 1 fully saturated rings. The molecular weight excluding hydrogens is 248 g/mol. The molecule has 1 amide bonds. The second-order valence-electron chi connectivity index (χ2n) is 6.26. The van der Waals surface area contributed by atoms with Crippen molar-refractivity contribution in [3.8, 4) is 0 Å². The highest BCUT2D eigenvalue weighted by Crippen LogP contribution is 2.23. The molecule has 2 aliphatic rings. The molecule has 1 heterocycles. The first-order valence-corrected chi connectivity index (χ1v) is 7.80. The van der Waals surface area contributed by atoms with Gasteiger partial charge >= 0.3 is 0 Å². The van der Waals surface area contributed by atoms with Crippen LogP contribution in [0.2, 0.25) is 0 Å². The lowest BCUT2D eigenvalue weighted by Crippen LogP contribution is -2.50. The molecule has 1 aromatic carbocycles. The number of piperazine rings is 1. The number of amides is 1. The van der Waals surface area contributed by atoms with Gasteiger partial charge < -0.3 is 4.90 Å². The SMILES string of the molecule is CC(C)N1CCN(C(=O)c2ccc3c(c2)CCC3)CC1. The van der Waals surface area contributed by atoms with Crippen LogP contribution in [0.3, 0.4) is 0 Å². The predicted molar refractivity (Wildman–Crippen MR) is 81.1 cm³/mol. The summed E-state index contributed by atoms with van der Waals surface area (Å²) in [6.07, 6.45) is 3.55. The summed E-state index contributed by atoms with van der Waals surface area (Å²) < 4.78 is 0. The third kappa shape index (κ3) is 2.59. The monoisotopic (exact) mass is 272 g/mol. The van der Waals surface area contributed by atoms with Crippen LogP contribution in [0.5, 0.6) is 0 Å². The van der Waals surface area contributed by atoms with Gasteiger partial charge in [0, 0.05) is 37.8 Å². The van der Waals surface area contributed by atoms with Crippen molar-refractivity contribution >= 4 is 5.91 Å². The molecule has 0 radical (unpaired) electrons. The largest absolute Gasteiger partial charge is 0.336 e. The maximum Gasteiger partial charge on any atom is 0.253 e. The van der Waals surface area contributed by atoms with Crippen LogP contribution in [0.1, 0.15) is 41.8 Å². The quantitative estimate of drug-likeness (QED) is 0.825. The molecule has 20 heavy (non-hydrogen) atoms. The second kappa shape index (κ2) is 5.57. The van der Waals surface area contributed by atoms with E-state index in [9.17, 15) is 4.79 Å². The van der Waals surface area contributed by atoms with Gasteiger partial charge in [0.05, 0.1) is 0 Å². The number of hydrogen-bond acceptors (Lipinski definition) is 2. The zero-order valence-corrected chi connectivity index (χ0v) is 12.6. The highest BCUT2D eigenvalue weighted by atomic mass is 16.2. The van der Waals surface area contributed by atoms with Gasteiger partial charge in [-0.2, -0.15) is 0 Å². The van der Waals surface area contributed by atoms with E-state index in [0.29, 0.717) is 6.04 Å². The average Bonchev–Trinajstić information content (AvgIpc) is 2.94. The molecule has 0 bridgehead atoms. The number of rotatable bonds is 2. The number of aryl methyl sites for hydroxylation is 2. The van der Waals surface area contributed by atoms with Crippen molar-refractivity contribution < 1.29 is 4.79 Å². The van der Waals surface area contributed by atoms with Crippen LogP contribution in [-0.4, -0.2) is 47.9 Å². The van der Waals surface area contributed by atoms with E-state index in [1.807, 2.05) is 11.0 Å². The third-order valence-corrected chi connectivity index (χ3v) is 4.68. The van der Waals surface area contributed by atoms with E-state index in [1.165, 1.54) is 24.0 Å². The van der Waals surface area contributed by atoms with Crippen molar-refractivity contribution in [2.45, 2.75) is 39.2 Å². The van der Waals surface area contributed by atoms with Crippen molar-refractivity contribution in [3.63, 3.8) is 0 Å². The van der Waals surface area contributed by atoms with Crippen LogP contribution in [-0.2, 0) is 12.8 Å². The summed E-state index contributed by atoms with van der Waals surface area (Å²) in [5.41, 5.74) is 3.70. The van der Waals surface area contributed by atoms with Gasteiger partial charge in [-0.05, 0) is 56.4 Å². The van der Waals surface area contributed by atoms with Gasteiger partial charge in [-0.15, -0.1) is 0 Å². The van der Waals surface area contributed by atoms with E-state index in [4.69, 9.17) is 0 Å². The number of fused-ring (bicyclic) bond motifs is 1. The van der Waals surface area contributed by atoms with E-state index in [0.717, 1.165) is 38.2 Å². The fraction of sp³-hybridized carbons (Fsp3) is 0.588. The highest BCUT2D eigenvalue weighted by molar-refractivity contribution is 5.94. The molecule has 1 aliphatic carbocycles. The lowest BCUT2D eigenvalue weighted by molar-refractivity contribution is 0.0595. The number of hydrogen-bond donors (Lipinski definition) is 0. The van der Waals surface area contributed by atoms with E-state index in [1.54, 1.807) is 0 Å². The molecule has 3 heteroatoms. The number of carbonyl (C=O) groups excluding carboxylic acids is 1. The summed E-state index contributed by atoms with van der Waals surface area (Å²) in [7, 11) is 0. The van der Waals surface area contributed by atoms with E-state index in [2.05, 4.69) is 30.9 Å². The molecule has 108 valence electrons. The molecule has 3 rings (SSSR count). The Morgan fingerprint density at radius 2 is 1.75 bits per heavy atom. The summed E-state index contributed by atoms with van der Waals surface area (Å²) in [5.74, 6) is 0.211. The average molecular weight is 272 g/mol. The van der Waals surface area contributed by atoms with Crippen molar-refractivity contribution in [1.29, 1.82) is 0 Å². The van der Waals surface area contributed by atoms with Crippen LogP contribution in [0.15, 0.2) is 18.2 Å². The Balaban J connectivity index is 1.68. The Morgan fingerprint density at radius 1 is 1.05 bits per heavy atom. The zero-order chi connectivity index (χ0) is 14.1. The van der Waals surface area contributed by atoms with Gasteiger partial charge in [-0.25, -0.2) is 0 Å². The molecule has 1 aromatic rings. The summed E-state index contributed by atoms with van der Waals surface area (Å²) in [6, 6.07) is 6.87. The molecule has 0 spiro atoms. The Morgan fingerprint density at radius 3 is 2.45 bits per heavy atom. The summed E-state index contributed by atoms with van der Waals surface area (Å²) in [4.78, 5) is 17.0. The smallest absolute Gasteiger partial charge is 0.253 e. The van der Waals surface area contributed by atoms with Gasteiger partial charge in [0.15, 0.2) is 0 Å². The maximum absolute atomic E-state index is 12.6. The molecule has 0 unspecified atom stereocenters. The molecule has 0 aromatic heterocycles. The van der Waals surface area contributed by atoms with E-state index >= 15 is 0 Å². The van der Waals surface area contributed by atoms with Crippen LogP contribution >= 0.6 is 0 Å². The topological polar surface area (TPSA) is 23.6 Å². The van der Waals surface area contributed by atoms with Gasteiger partial charge in [-0.3, -0.25) is 9.69 Å². The summed E-state index contributed by atoms with van der Waals surface area (Å²) in [5, 5.41) is 0. The summed E-state index contributed by atoms with van der Waals surface area (Å²) >= 11 is 0. The molecular formula is C17H24N2O. The first-order valence-electron chi connectivity index (χ1n) is 7.80. The maximum atomic E-state index is 12.6. The fourth-order valence-corrected chi connectivity index (χ4v) is 3.33. The van der Waals surface area contributed by atoms with Gasteiger partial charge in [0.25, 0.3) is 5.91 Å². The number of nitrogens with zero attached hydrogens (tertiary/aromatic N) is 2. The predicted octanol–water partition coefficient (Wildman–Crippen LogP) is 2.34. The van der Waals surface area contributed by atoms with Crippen LogP contribution in [0.4, 0.5) is 0 Å². The first-order chi connectivity index (χ1) is 9.65. The minimum absolute atomic E-state index is 0.211. The Bertz CT molecular complexity index is 502. The van der Waals surface area contributed by atoms with Crippen LogP contribution < -0.4 is 0 Å². The Hall–Kier alpha value is -1.35. The molecule has 0 atom stereocenters. The van der Waals surface area contributed by atoms with Gasteiger partial charge in [0.1, 0.15) is 0 Å².